The van der Waals surface area contributed by atoms with E-state index in [4.69, 9.17) is 5.11 Å². The van der Waals surface area contributed by atoms with Crippen LogP contribution in [0.5, 0.6) is 0 Å². The van der Waals surface area contributed by atoms with Gasteiger partial charge in [-0.15, -0.1) is 5.10 Å². The fourth-order valence-corrected chi connectivity index (χ4v) is 3.22. The smallest absolute Gasteiger partial charge is 0.358 e. The SMILES string of the molecule is Cc1ccc(C)c(CC(=O)N2CCCC(n3cc(C(=O)O)nn3)C2)c1. The molecule has 1 unspecified atom stereocenters. The summed E-state index contributed by atoms with van der Waals surface area (Å²) < 4.78 is 1.57. The molecule has 1 N–H and O–H groups in total. The molecule has 3 rings (SSSR count). The van der Waals surface area contributed by atoms with Crippen LogP contribution in [0.1, 0.15) is 46.1 Å². The Morgan fingerprint density at radius 1 is 1.32 bits per heavy atom. The maximum absolute atomic E-state index is 12.7. The second-order valence-electron chi connectivity index (χ2n) is 6.63. The third-order valence-electron chi connectivity index (χ3n) is 4.70. The zero-order valence-corrected chi connectivity index (χ0v) is 14.5. The molecule has 1 aliphatic rings. The summed E-state index contributed by atoms with van der Waals surface area (Å²) in [6, 6.07) is 6.12. The average molecular weight is 342 g/mol. The molecule has 7 heteroatoms. The number of rotatable bonds is 4. The lowest BCUT2D eigenvalue weighted by molar-refractivity contribution is -0.132. The van der Waals surface area contributed by atoms with E-state index in [1.165, 1.54) is 6.20 Å². The van der Waals surface area contributed by atoms with E-state index in [1.807, 2.05) is 30.9 Å². The number of hydrogen-bond acceptors (Lipinski definition) is 4. The highest BCUT2D eigenvalue weighted by molar-refractivity contribution is 5.84. The first-order valence-corrected chi connectivity index (χ1v) is 8.43. The van der Waals surface area contributed by atoms with E-state index in [9.17, 15) is 9.59 Å². The number of amides is 1. The predicted octanol–water partition coefficient (Wildman–Crippen LogP) is 2.00. The van der Waals surface area contributed by atoms with E-state index in [0.29, 0.717) is 13.0 Å². The maximum atomic E-state index is 12.7. The highest BCUT2D eigenvalue weighted by atomic mass is 16.4. The highest BCUT2D eigenvalue weighted by Gasteiger charge is 2.26. The van der Waals surface area contributed by atoms with Crippen molar-refractivity contribution in [3.63, 3.8) is 0 Å². The van der Waals surface area contributed by atoms with Crippen LogP contribution < -0.4 is 0 Å². The standard InChI is InChI=1S/C18H22N4O3/c1-12-5-6-13(2)14(8-12)9-17(23)21-7-3-4-15(10-21)22-11-16(18(24)25)19-20-22/h5-6,8,11,15H,3-4,7,9-10H2,1-2H3,(H,24,25). The molecule has 2 aromatic rings. The third kappa shape index (κ3) is 3.87. The topological polar surface area (TPSA) is 88.3 Å². The number of carboxylic acids is 1. The van der Waals surface area contributed by atoms with E-state index in [-0.39, 0.29) is 17.6 Å². The number of aromatic carboxylic acids is 1. The second-order valence-corrected chi connectivity index (χ2v) is 6.63. The van der Waals surface area contributed by atoms with Crippen molar-refractivity contribution in [2.24, 2.45) is 0 Å². The number of nitrogens with zero attached hydrogens (tertiary/aromatic N) is 4. The first-order valence-electron chi connectivity index (χ1n) is 8.43. The van der Waals surface area contributed by atoms with Crippen LogP contribution >= 0.6 is 0 Å². The van der Waals surface area contributed by atoms with Crippen LogP contribution in [-0.2, 0) is 11.2 Å². The average Bonchev–Trinajstić information content (AvgIpc) is 3.09. The van der Waals surface area contributed by atoms with Crippen LogP contribution in [0.4, 0.5) is 0 Å². The van der Waals surface area contributed by atoms with Crippen LogP contribution in [0.15, 0.2) is 24.4 Å². The Morgan fingerprint density at radius 3 is 2.84 bits per heavy atom. The molecule has 0 saturated carbocycles. The van der Waals surface area contributed by atoms with Gasteiger partial charge in [-0.1, -0.05) is 29.0 Å². The van der Waals surface area contributed by atoms with Crippen molar-refractivity contribution >= 4 is 11.9 Å². The summed E-state index contributed by atoms with van der Waals surface area (Å²) >= 11 is 0. The minimum Gasteiger partial charge on any atom is -0.476 e. The highest BCUT2D eigenvalue weighted by Crippen LogP contribution is 2.22. The Hall–Kier alpha value is -2.70. The van der Waals surface area contributed by atoms with Crippen molar-refractivity contribution in [3.05, 3.63) is 46.8 Å². The van der Waals surface area contributed by atoms with Crippen LogP contribution in [0, 0.1) is 13.8 Å². The number of hydrogen-bond donors (Lipinski definition) is 1. The van der Waals surface area contributed by atoms with Gasteiger partial charge in [-0.25, -0.2) is 9.48 Å². The zero-order chi connectivity index (χ0) is 18.0. The molecular weight excluding hydrogens is 320 g/mol. The summed E-state index contributed by atoms with van der Waals surface area (Å²) in [6.45, 7) is 5.30. The van der Waals surface area contributed by atoms with Crippen molar-refractivity contribution in [1.82, 2.24) is 19.9 Å². The minimum atomic E-state index is -1.09. The lowest BCUT2D eigenvalue weighted by Gasteiger charge is -2.32. The van der Waals surface area contributed by atoms with Crippen LogP contribution in [0.3, 0.4) is 0 Å². The van der Waals surface area contributed by atoms with Gasteiger partial charge >= 0.3 is 5.97 Å². The Balaban J connectivity index is 1.68. The summed E-state index contributed by atoms with van der Waals surface area (Å²) in [6.07, 6.45) is 3.55. The molecule has 0 aliphatic carbocycles. The fraction of sp³-hybridized carbons (Fsp3) is 0.444. The third-order valence-corrected chi connectivity index (χ3v) is 4.70. The van der Waals surface area contributed by atoms with Crippen LogP contribution in [0.25, 0.3) is 0 Å². The van der Waals surface area contributed by atoms with E-state index in [0.717, 1.165) is 36.1 Å². The molecule has 1 aliphatic heterocycles. The van der Waals surface area contributed by atoms with Crippen molar-refractivity contribution in [3.8, 4) is 0 Å². The molecule has 1 atom stereocenters. The van der Waals surface area contributed by atoms with Gasteiger partial charge in [0, 0.05) is 13.1 Å². The number of aryl methyl sites for hydroxylation is 2. The molecule has 0 bridgehead atoms. The van der Waals surface area contributed by atoms with Crippen molar-refractivity contribution in [2.45, 2.75) is 39.2 Å². The molecule has 7 nitrogen and oxygen atoms in total. The van der Waals surface area contributed by atoms with Crippen molar-refractivity contribution in [2.75, 3.05) is 13.1 Å². The van der Waals surface area contributed by atoms with Crippen molar-refractivity contribution in [1.29, 1.82) is 0 Å². The molecule has 132 valence electrons. The normalized spacial score (nSPS) is 17.5. The van der Waals surface area contributed by atoms with E-state index < -0.39 is 5.97 Å². The Morgan fingerprint density at radius 2 is 2.12 bits per heavy atom. The molecule has 0 radical (unpaired) electrons. The lowest BCUT2D eigenvalue weighted by atomic mass is 10.0. The van der Waals surface area contributed by atoms with E-state index >= 15 is 0 Å². The Labute approximate surface area is 146 Å². The Kier molecular flexibility index (Phi) is 4.83. The summed E-state index contributed by atoms with van der Waals surface area (Å²) in [7, 11) is 0. The molecule has 1 aromatic carbocycles. The molecular formula is C18H22N4O3. The molecule has 1 saturated heterocycles. The molecule has 1 fully saturated rings. The number of carbonyl (C=O) groups is 2. The molecule has 25 heavy (non-hydrogen) atoms. The minimum absolute atomic E-state index is 0.0306. The van der Waals surface area contributed by atoms with Gasteiger partial charge in [0.05, 0.1) is 18.7 Å². The maximum Gasteiger partial charge on any atom is 0.358 e. The summed E-state index contributed by atoms with van der Waals surface area (Å²) in [5.41, 5.74) is 3.25. The number of carbonyl (C=O) groups excluding carboxylic acids is 1. The van der Waals surface area contributed by atoms with Gasteiger partial charge in [0.1, 0.15) is 0 Å². The number of aromatic nitrogens is 3. The molecule has 2 heterocycles. The fourth-order valence-electron chi connectivity index (χ4n) is 3.22. The van der Waals surface area contributed by atoms with Crippen LogP contribution in [-0.4, -0.2) is 50.0 Å². The van der Waals surface area contributed by atoms with E-state index in [2.05, 4.69) is 16.4 Å². The van der Waals surface area contributed by atoms with Gasteiger partial charge in [-0.3, -0.25) is 4.79 Å². The largest absolute Gasteiger partial charge is 0.476 e. The summed E-state index contributed by atoms with van der Waals surface area (Å²) in [4.78, 5) is 25.5. The number of benzene rings is 1. The lowest BCUT2D eigenvalue weighted by Crippen LogP contribution is -2.41. The number of piperidine rings is 1. The van der Waals surface area contributed by atoms with Gasteiger partial charge in [0.15, 0.2) is 5.69 Å². The second kappa shape index (κ2) is 7.04. The quantitative estimate of drug-likeness (QED) is 0.918. The van der Waals surface area contributed by atoms with Crippen molar-refractivity contribution < 1.29 is 14.7 Å². The first-order chi connectivity index (χ1) is 11.9. The molecule has 1 aromatic heterocycles. The predicted molar refractivity (Wildman–Crippen MR) is 91.5 cm³/mol. The van der Waals surface area contributed by atoms with Gasteiger partial charge in [0.2, 0.25) is 5.91 Å². The van der Waals surface area contributed by atoms with Gasteiger partial charge in [-0.05, 0) is 37.8 Å². The Bertz CT molecular complexity index is 799. The number of likely N-dealkylation sites (tertiary alicyclic amines) is 1. The van der Waals surface area contributed by atoms with Gasteiger partial charge < -0.3 is 10.0 Å². The zero-order valence-electron chi connectivity index (χ0n) is 14.5. The summed E-state index contributed by atoms with van der Waals surface area (Å²) in [5, 5.41) is 16.5. The summed E-state index contributed by atoms with van der Waals surface area (Å²) in [5.74, 6) is -0.998. The first kappa shape index (κ1) is 17.1. The van der Waals surface area contributed by atoms with Gasteiger partial charge in [0.25, 0.3) is 0 Å². The van der Waals surface area contributed by atoms with E-state index in [1.54, 1.807) is 4.68 Å². The number of carboxylic acid groups (broad SMARTS) is 1. The van der Waals surface area contributed by atoms with Crippen LogP contribution in [0.2, 0.25) is 0 Å². The monoisotopic (exact) mass is 342 g/mol. The molecule has 1 amide bonds. The molecule has 0 spiro atoms. The van der Waals surface area contributed by atoms with Gasteiger partial charge in [-0.2, -0.15) is 0 Å².